The van der Waals surface area contributed by atoms with Crippen LogP contribution in [0.1, 0.15) is 39.4 Å². The van der Waals surface area contributed by atoms with Gasteiger partial charge in [-0.05, 0) is 18.9 Å². The highest BCUT2D eigenvalue weighted by molar-refractivity contribution is 7.88. The lowest BCUT2D eigenvalue weighted by atomic mass is 9.96. The van der Waals surface area contributed by atoms with Crippen LogP contribution in [0.25, 0.3) is 0 Å². The molecule has 21 heavy (non-hydrogen) atoms. The molecule has 0 atom stereocenters. The Labute approximate surface area is 127 Å². The van der Waals surface area contributed by atoms with E-state index in [0.717, 1.165) is 37.6 Å². The van der Waals surface area contributed by atoms with Gasteiger partial charge in [0, 0.05) is 30.7 Å². The average Bonchev–Trinajstić information content (AvgIpc) is 2.37. The summed E-state index contributed by atoms with van der Waals surface area (Å²) < 4.78 is 25.2. The van der Waals surface area contributed by atoms with Crippen LogP contribution in [0.4, 0.5) is 5.82 Å². The number of piperidine rings is 1. The normalized spacial score (nSPS) is 18.0. The fourth-order valence-electron chi connectivity index (χ4n) is 2.42. The number of hydrogen-bond acceptors (Lipinski definition) is 5. The molecule has 2 heterocycles. The van der Waals surface area contributed by atoms with Crippen molar-refractivity contribution in [2.75, 3.05) is 24.2 Å². The number of anilines is 1. The standard InChI is InChI=1S/C14H24N4O2S/c1-14(2,3)13-15-8-5-12(16-13)18-9-6-11(7-10-18)17-21(4,19)20/h5,8,11,17H,6-7,9-10H2,1-4H3. The van der Waals surface area contributed by atoms with E-state index in [1.54, 1.807) is 6.20 Å². The molecule has 0 aliphatic carbocycles. The molecule has 0 spiro atoms. The van der Waals surface area contributed by atoms with Gasteiger partial charge in [-0.1, -0.05) is 20.8 Å². The number of hydrogen-bond donors (Lipinski definition) is 1. The van der Waals surface area contributed by atoms with E-state index in [1.807, 2.05) is 6.07 Å². The van der Waals surface area contributed by atoms with Gasteiger partial charge in [0.05, 0.1) is 6.26 Å². The van der Waals surface area contributed by atoms with Gasteiger partial charge in [0.2, 0.25) is 10.0 Å². The zero-order valence-corrected chi connectivity index (χ0v) is 13.9. The quantitative estimate of drug-likeness (QED) is 0.910. The summed E-state index contributed by atoms with van der Waals surface area (Å²) in [6, 6.07) is 1.94. The van der Waals surface area contributed by atoms with Crippen molar-refractivity contribution < 1.29 is 8.42 Å². The maximum absolute atomic E-state index is 11.3. The molecule has 1 fully saturated rings. The van der Waals surface area contributed by atoms with Crippen molar-refractivity contribution in [1.29, 1.82) is 0 Å². The van der Waals surface area contributed by atoms with Crippen LogP contribution in [0.2, 0.25) is 0 Å². The van der Waals surface area contributed by atoms with E-state index in [1.165, 1.54) is 6.26 Å². The molecule has 1 N–H and O–H groups in total. The summed E-state index contributed by atoms with van der Waals surface area (Å²) in [6.45, 7) is 7.87. The Balaban J connectivity index is 2.03. The van der Waals surface area contributed by atoms with E-state index in [2.05, 4.69) is 40.4 Å². The smallest absolute Gasteiger partial charge is 0.208 e. The van der Waals surface area contributed by atoms with Gasteiger partial charge in [0.15, 0.2) is 0 Å². The van der Waals surface area contributed by atoms with E-state index < -0.39 is 10.0 Å². The van der Waals surface area contributed by atoms with Gasteiger partial charge in [-0.25, -0.2) is 23.1 Å². The molecule has 1 saturated heterocycles. The van der Waals surface area contributed by atoms with Crippen LogP contribution in [0.15, 0.2) is 12.3 Å². The number of nitrogens with zero attached hydrogens (tertiary/aromatic N) is 3. The van der Waals surface area contributed by atoms with Gasteiger partial charge < -0.3 is 4.90 Å². The van der Waals surface area contributed by atoms with Crippen molar-refractivity contribution in [3.05, 3.63) is 18.1 Å². The predicted octanol–water partition coefficient (Wildman–Crippen LogP) is 1.29. The highest BCUT2D eigenvalue weighted by Crippen LogP contribution is 2.22. The van der Waals surface area contributed by atoms with Crippen LogP contribution < -0.4 is 9.62 Å². The highest BCUT2D eigenvalue weighted by atomic mass is 32.2. The molecule has 0 amide bonds. The van der Waals surface area contributed by atoms with Crippen LogP contribution in [-0.4, -0.2) is 43.8 Å². The van der Waals surface area contributed by atoms with Gasteiger partial charge in [-0.2, -0.15) is 0 Å². The number of aromatic nitrogens is 2. The number of rotatable bonds is 3. The largest absolute Gasteiger partial charge is 0.356 e. The number of sulfonamides is 1. The Hall–Kier alpha value is -1.21. The molecule has 1 aliphatic heterocycles. The first-order chi connectivity index (χ1) is 9.65. The molecule has 0 unspecified atom stereocenters. The maximum Gasteiger partial charge on any atom is 0.208 e. The molecule has 2 rings (SSSR count). The third kappa shape index (κ3) is 4.64. The van der Waals surface area contributed by atoms with Gasteiger partial charge in [-0.3, -0.25) is 0 Å². The van der Waals surface area contributed by atoms with Gasteiger partial charge >= 0.3 is 0 Å². The number of nitrogens with one attached hydrogen (secondary N) is 1. The summed E-state index contributed by atoms with van der Waals surface area (Å²) in [7, 11) is -3.13. The van der Waals surface area contributed by atoms with E-state index in [-0.39, 0.29) is 11.5 Å². The average molecular weight is 312 g/mol. The Morgan fingerprint density at radius 1 is 1.29 bits per heavy atom. The molecule has 7 heteroatoms. The third-order valence-electron chi connectivity index (χ3n) is 3.51. The SMILES string of the molecule is CC(C)(C)c1nccc(N2CCC(NS(C)(=O)=O)CC2)n1. The summed E-state index contributed by atoms with van der Waals surface area (Å²) in [4.78, 5) is 11.2. The fourth-order valence-corrected chi connectivity index (χ4v) is 3.26. The van der Waals surface area contributed by atoms with E-state index >= 15 is 0 Å². The zero-order valence-electron chi connectivity index (χ0n) is 13.1. The molecule has 0 aromatic carbocycles. The van der Waals surface area contributed by atoms with Crippen LogP contribution in [0.5, 0.6) is 0 Å². The van der Waals surface area contributed by atoms with Crippen molar-refractivity contribution in [2.24, 2.45) is 0 Å². The third-order valence-corrected chi connectivity index (χ3v) is 4.27. The summed E-state index contributed by atoms with van der Waals surface area (Å²) in [5, 5.41) is 0. The summed E-state index contributed by atoms with van der Waals surface area (Å²) in [6.07, 6.45) is 4.59. The van der Waals surface area contributed by atoms with Crippen molar-refractivity contribution >= 4 is 15.8 Å². The molecular formula is C14H24N4O2S. The maximum atomic E-state index is 11.3. The minimum Gasteiger partial charge on any atom is -0.356 e. The zero-order chi connectivity index (χ0) is 15.7. The second-order valence-electron chi connectivity index (χ2n) is 6.64. The Kier molecular flexibility index (Phi) is 4.53. The van der Waals surface area contributed by atoms with Crippen LogP contribution >= 0.6 is 0 Å². The van der Waals surface area contributed by atoms with E-state index in [4.69, 9.17) is 0 Å². The lowest BCUT2D eigenvalue weighted by Gasteiger charge is -2.33. The molecule has 0 bridgehead atoms. The van der Waals surface area contributed by atoms with Crippen molar-refractivity contribution in [2.45, 2.75) is 45.1 Å². The second-order valence-corrected chi connectivity index (χ2v) is 8.42. The Morgan fingerprint density at radius 3 is 2.43 bits per heavy atom. The molecular weight excluding hydrogens is 288 g/mol. The van der Waals surface area contributed by atoms with Gasteiger partial charge in [-0.15, -0.1) is 0 Å². The molecule has 118 valence electrons. The molecule has 6 nitrogen and oxygen atoms in total. The first kappa shape index (κ1) is 16.2. The lowest BCUT2D eigenvalue weighted by Crippen LogP contribution is -2.44. The molecule has 1 aliphatic rings. The Bertz CT molecular complexity index is 587. The summed E-state index contributed by atoms with van der Waals surface area (Å²) in [5.74, 6) is 1.75. The molecule has 0 radical (unpaired) electrons. The fraction of sp³-hybridized carbons (Fsp3) is 0.714. The first-order valence-corrected chi connectivity index (χ1v) is 9.10. The predicted molar refractivity (Wildman–Crippen MR) is 83.9 cm³/mol. The van der Waals surface area contributed by atoms with Crippen molar-refractivity contribution in [1.82, 2.24) is 14.7 Å². The summed E-state index contributed by atoms with van der Waals surface area (Å²) in [5.41, 5.74) is -0.0772. The minimum atomic E-state index is -3.13. The monoisotopic (exact) mass is 312 g/mol. The van der Waals surface area contributed by atoms with Crippen LogP contribution in [0.3, 0.4) is 0 Å². The molecule has 1 aromatic heterocycles. The van der Waals surface area contributed by atoms with Crippen molar-refractivity contribution in [3.63, 3.8) is 0 Å². The topological polar surface area (TPSA) is 75.2 Å². The summed E-state index contributed by atoms with van der Waals surface area (Å²) >= 11 is 0. The molecule has 0 saturated carbocycles. The van der Waals surface area contributed by atoms with Crippen LogP contribution in [-0.2, 0) is 15.4 Å². The highest BCUT2D eigenvalue weighted by Gasteiger charge is 2.24. The van der Waals surface area contributed by atoms with E-state index in [0.29, 0.717) is 0 Å². The Morgan fingerprint density at radius 2 is 1.90 bits per heavy atom. The first-order valence-electron chi connectivity index (χ1n) is 7.21. The van der Waals surface area contributed by atoms with Gasteiger partial charge in [0.25, 0.3) is 0 Å². The molecule has 1 aromatic rings. The van der Waals surface area contributed by atoms with Gasteiger partial charge in [0.1, 0.15) is 11.6 Å². The minimum absolute atomic E-state index is 0.0279. The second kappa shape index (κ2) is 5.88. The lowest BCUT2D eigenvalue weighted by molar-refractivity contribution is 0.458. The van der Waals surface area contributed by atoms with E-state index in [9.17, 15) is 8.42 Å². The van der Waals surface area contributed by atoms with Crippen LogP contribution in [0, 0.1) is 0 Å². The van der Waals surface area contributed by atoms with Crippen molar-refractivity contribution in [3.8, 4) is 0 Å².